The summed E-state index contributed by atoms with van der Waals surface area (Å²) < 4.78 is 1.99. The highest BCUT2D eigenvalue weighted by atomic mass is 35.5. The van der Waals surface area contributed by atoms with Crippen LogP contribution in [0.3, 0.4) is 0 Å². The lowest BCUT2D eigenvalue weighted by Gasteiger charge is -2.48. The molecular formula is C33H47ClN6O2. The number of carbonyl (C=O) groups is 2. The summed E-state index contributed by atoms with van der Waals surface area (Å²) in [6.45, 7) is 3.19. The van der Waals surface area contributed by atoms with Crippen molar-refractivity contribution in [2.24, 2.45) is 23.2 Å². The minimum atomic E-state index is -0.595. The number of hydrogen-bond acceptors (Lipinski definition) is 5. The van der Waals surface area contributed by atoms with Gasteiger partial charge >= 0.3 is 0 Å². The Morgan fingerprint density at radius 1 is 1.00 bits per heavy atom. The van der Waals surface area contributed by atoms with Crippen molar-refractivity contribution < 1.29 is 9.59 Å². The van der Waals surface area contributed by atoms with E-state index in [1.165, 1.54) is 57.8 Å². The summed E-state index contributed by atoms with van der Waals surface area (Å²) in [4.78, 5) is 34.0. The van der Waals surface area contributed by atoms with Gasteiger partial charge in [-0.25, -0.2) is 4.98 Å². The zero-order valence-electron chi connectivity index (χ0n) is 24.9. The first kappa shape index (κ1) is 29.6. The van der Waals surface area contributed by atoms with Crippen LogP contribution < -0.4 is 10.6 Å². The number of rotatable bonds is 8. The van der Waals surface area contributed by atoms with E-state index >= 15 is 0 Å². The monoisotopic (exact) mass is 594 g/mol. The summed E-state index contributed by atoms with van der Waals surface area (Å²) in [6, 6.07) is 6.81. The highest BCUT2D eigenvalue weighted by Crippen LogP contribution is 2.47. The normalized spacial score (nSPS) is 27.2. The van der Waals surface area contributed by atoms with E-state index in [4.69, 9.17) is 11.6 Å². The number of carbonyl (C=O) groups excluding carboxylic acids is 2. The maximum absolute atomic E-state index is 14.2. The smallest absolute Gasteiger partial charge is 0.245 e. The van der Waals surface area contributed by atoms with Crippen LogP contribution in [0.1, 0.15) is 82.6 Å². The molecule has 0 unspecified atom stereocenters. The topological polar surface area (TPSA) is 92.2 Å². The van der Waals surface area contributed by atoms with E-state index in [1.807, 2.05) is 40.2 Å². The second kappa shape index (κ2) is 13.5. The fourth-order valence-electron chi connectivity index (χ4n) is 8.51. The molecule has 2 aromatic rings. The SMILES string of the molecule is O=C(N[C@H](Cc1ccc(Cl)cc1)C(=O)N1CCC(Cn2cncn2)(C2CCCCC2)CC1)[C@@H]1C[C@H]2CCCC[C@H]2CN1. The first-order valence-corrected chi connectivity index (χ1v) is 16.8. The van der Waals surface area contributed by atoms with Crippen LogP contribution in [-0.2, 0) is 22.6 Å². The van der Waals surface area contributed by atoms with E-state index < -0.39 is 6.04 Å². The van der Waals surface area contributed by atoms with Gasteiger partial charge in [-0.1, -0.05) is 62.3 Å². The van der Waals surface area contributed by atoms with E-state index in [0.29, 0.717) is 42.3 Å². The third-order valence-electron chi connectivity index (χ3n) is 11.0. The van der Waals surface area contributed by atoms with Gasteiger partial charge in [-0.15, -0.1) is 0 Å². The quantitative estimate of drug-likeness (QED) is 0.448. The average molecular weight is 595 g/mol. The number of halogens is 1. The number of benzene rings is 1. The van der Waals surface area contributed by atoms with Crippen LogP contribution in [0.25, 0.3) is 0 Å². The number of nitrogens with zero attached hydrogens (tertiary/aromatic N) is 4. The van der Waals surface area contributed by atoms with Gasteiger partial charge in [0.2, 0.25) is 11.8 Å². The molecule has 6 rings (SSSR count). The molecule has 1 aromatic heterocycles. The molecule has 4 atom stereocenters. The second-order valence-corrected chi connectivity index (χ2v) is 13.9. The molecule has 0 bridgehead atoms. The van der Waals surface area contributed by atoms with Crippen LogP contribution >= 0.6 is 11.6 Å². The number of nitrogens with one attached hydrogen (secondary N) is 2. The number of piperidine rings is 2. The van der Waals surface area contributed by atoms with Gasteiger partial charge in [-0.05, 0) is 85.9 Å². The molecule has 9 heteroatoms. The van der Waals surface area contributed by atoms with Crippen molar-refractivity contribution in [1.29, 1.82) is 0 Å². The Kier molecular flexibility index (Phi) is 9.49. The lowest BCUT2D eigenvalue weighted by atomic mass is 9.63. The van der Waals surface area contributed by atoms with E-state index in [9.17, 15) is 9.59 Å². The van der Waals surface area contributed by atoms with Crippen LogP contribution in [0.4, 0.5) is 0 Å². The molecule has 1 aromatic carbocycles. The van der Waals surface area contributed by atoms with E-state index in [-0.39, 0.29) is 23.3 Å². The fourth-order valence-corrected chi connectivity index (χ4v) is 8.64. The number of amides is 2. The maximum atomic E-state index is 14.2. The van der Waals surface area contributed by atoms with Gasteiger partial charge in [0.1, 0.15) is 18.7 Å². The van der Waals surface area contributed by atoms with Crippen LogP contribution in [0.15, 0.2) is 36.9 Å². The minimum Gasteiger partial charge on any atom is -0.343 e. The predicted molar refractivity (Wildman–Crippen MR) is 164 cm³/mol. The molecular weight excluding hydrogens is 548 g/mol. The largest absolute Gasteiger partial charge is 0.343 e. The molecule has 2 saturated heterocycles. The van der Waals surface area contributed by atoms with Gasteiger partial charge in [-0.3, -0.25) is 14.3 Å². The Hall–Kier alpha value is -2.45. The summed E-state index contributed by atoms with van der Waals surface area (Å²) in [5.41, 5.74) is 1.13. The first-order chi connectivity index (χ1) is 20.5. The Balaban J connectivity index is 1.15. The highest BCUT2D eigenvalue weighted by molar-refractivity contribution is 6.30. The van der Waals surface area contributed by atoms with Crippen LogP contribution in [0.2, 0.25) is 5.02 Å². The summed E-state index contributed by atoms with van der Waals surface area (Å²) in [7, 11) is 0. The molecule has 2 saturated carbocycles. The molecule has 0 radical (unpaired) electrons. The van der Waals surface area contributed by atoms with Crippen molar-refractivity contribution in [3.05, 3.63) is 47.5 Å². The lowest BCUT2D eigenvalue weighted by Crippen LogP contribution is -2.58. The third kappa shape index (κ3) is 6.85. The molecule has 3 heterocycles. The van der Waals surface area contributed by atoms with Crippen LogP contribution in [0, 0.1) is 23.2 Å². The third-order valence-corrected chi connectivity index (χ3v) is 11.3. The maximum Gasteiger partial charge on any atom is 0.245 e. The van der Waals surface area contributed by atoms with Gasteiger partial charge in [0, 0.05) is 31.1 Å². The van der Waals surface area contributed by atoms with E-state index in [2.05, 4.69) is 20.7 Å². The fraction of sp³-hybridized carbons (Fsp3) is 0.697. The number of aromatic nitrogens is 3. The van der Waals surface area contributed by atoms with Gasteiger partial charge in [0.05, 0.1) is 6.04 Å². The molecule has 0 spiro atoms. The van der Waals surface area contributed by atoms with E-state index in [0.717, 1.165) is 37.9 Å². The minimum absolute atomic E-state index is 0.0302. The molecule has 8 nitrogen and oxygen atoms in total. The van der Waals surface area contributed by atoms with Gasteiger partial charge in [0.25, 0.3) is 0 Å². The van der Waals surface area contributed by atoms with Crippen LogP contribution in [0.5, 0.6) is 0 Å². The molecule has 42 heavy (non-hydrogen) atoms. The number of likely N-dealkylation sites (tertiary alicyclic amines) is 1. The zero-order chi connectivity index (χ0) is 28.9. The Bertz CT molecular complexity index is 1170. The summed E-state index contributed by atoms with van der Waals surface area (Å²) in [6.07, 6.45) is 18.2. The van der Waals surface area contributed by atoms with Crippen molar-refractivity contribution in [2.45, 2.75) is 102 Å². The highest BCUT2D eigenvalue weighted by Gasteiger charge is 2.44. The van der Waals surface area contributed by atoms with Gasteiger partial charge < -0.3 is 15.5 Å². The molecule has 4 fully saturated rings. The standard InChI is InChI=1S/C33H47ClN6O2/c34-28-12-10-24(11-13-28)18-30(38-31(41)29-19-25-6-4-5-7-26(25)20-36-29)32(42)39-16-14-33(15-17-39,21-40-23-35-22-37-40)27-8-2-1-3-9-27/h10-13,22-23,25-27,29-30,36H,1-9,14-21H2,(H,38,41)/t25-,26+,29+,30-/m1/s1. The first-order valence-electron chi connectivity index (χ1n) is 16.4. The summed E-state index contributed by atoms with van der Waals surface area (Å²) >= 11 is 6.15. The molecule has 2 amide bonds. The van der Waals surface area contributed by atoms with Crippen molar-refractivity contribution >= 4 is 23.4 Å². The van der Waals surface area contributed by atoms with Gasteiger partial charge in [0.15, 0.2) is 0 Å². The number of hydrogen-bond donors (Lipinski definition) is 2. The summed E-state index contributed by atoms with van der Waals surface area (Å²) in [5, 5.41) is 11.8. The molecule has 2 N–H and O–H groups in total. The average Bonchev–Trinajstić information content (AvgIpc) is 3.55. The van der Waals surface area contributed by atoms with Crippen molar-refractivity contribution in [3.63, 3.8) is 0 Å². The van der Waals surface area contributed by atoms with Crippen molar-refractivity contribution in [1.82, 2.24) is 30.3 Å². The molecule has 2 aliphatic heterocycles. The van der Waals surface area contributed by atoms with Gasteiger partial charge in [-0.2, -0.15) is 5.10 Å². The second-order valence-electron chi connectivity index (χ2n) is 13.5. The Morgan fingerprint density at radius 2 is 1.71 bits per heavy atom. The zero-order valence-corrected chi connectivity index (χ0v) is 25.6. The number of fused-ring (bicyclic) bond motifs is 1. The van der Waals surface area contributed by atoms with Crippen molar-refractivity contribution in [2.75, 3.05) is 19.6 Å². The summed E-state index contributed by atoms with van der Waals surface area (Å²) in [5.74, 6) is 1.94. The molecule has 2 aliphatic carbocycles. The molecule has 228 valence electrons. The van der Waals surface area contributed by atoms with Crippen LogP contribution in [-0.4, -0.2) is 63.2 Å². The predicted octanol–water partition coefficient (Wildman–Crippen LogP) is 5.02. The molecule has 4 aliphatic rings. The Labute approximate surface area is 255 Å². The van der Waals surface area contributed by atoms with Crippen molar-refractivity contribution in [3.8, 4) is 0 Å². The lowest BCUT2D eigenvalue weighted by molar-refractivity contribution is -0.140. The Morgan fingerprint density at radius 3 is 2.43 bits per heavy atom. The van der Waals surface area contributed by atoms with E-state index in [1.54, 1.807) is 6.33 Å².